The zero-order chi connectivity index (χ0) is 12.3. The minimum absolute atomic E-state index is 0.0860. The van der Waals surface area contributed by atoms with E-state index in [0.717, 1.165) is 16.9 Å². The second-order valence-electron chi connectivity index (χ2n) is 3.49. The van der Waals surface area contributed by atoms with Crippen LogP contribution in [0.5, 0.6) is 5.75 Å². The summed E-state index contributed by atoms with van der Waals surface area (Å²) in [4.78, 5) is 11.3. The number of ether oxygens (including phenoxy) is 1. The maximum atomic E-state index is 11.3. The Labute approximate surface area is 99.0 Å². The summed E-state index contributed by atoms with van der Waals surface area (Å²) in [6, 6.07) is 8.33. The molecule has 17 heavy (non-hydrogen) atoms. The van der Waals surface area contributed by atoms with Crippen LogP contribution in [0.2, 0.25) is 0 Å². The fourth-order valence-corrected chi connectivity index (χ4v) is 1.59. The Kier molecular flexibility index (Phi) is 3.10. The zero-order valence-corrected chi connectivity index (χ0v) is 9.47. The maximum absolute atomic E-state index is 11.3. The van der Waals surface area contributed by atoms with Gasteiger partial charge in [0.05, 0.1) is 13.4 Å². The minimum Gasteiger partial charge on any atom is -0.497 e. The van der Waals surface area contributed by atoms with Gasteiger partial charge in [-0.25, -0.2) is 0 Å². The number of hydrogen-bond donors (Lipinski definition) is 0. The van der Waals surface area contributed by atoms with E-state index < -0.39 is 0 Å². The quantitative estimate of drug-likeness (QED) is 0.810. The van der Waals surface area contributed by atoms with Gasteiger partial charge in [-0.1, -0.05) is 12.7 Å². The number of methoxy groups -OCH3 is 1. The number of rotatable bonds is 3. The first-order chi connectivity index (χ1) is 8.24. The summed E-state index contributed by atoms with van der Waals surface area (Å²) in [6.07, 6.45) is 3.08. The van der Waals surface area contributed by atoms with Gasteiger partial charge in [-0.15, -0.1) is 0 Å². The van der Waals surface area contributed by atoms with Crippen LogP contribution in [0.15, 0.2) is 52.4 Å². The average Bonchev–Trinajstić information content (AvgIpc) is 2.38. The van der Waals surface area contributed by atoms with Crippen molar-refractivity contribution in [2.45, 2.75) is 0 Å². The Morgan fingerprint density at radius 2 is 2.12 bits per heavy atom. The van der Waals surface area contributed by atoms with Gasteiger partial charge in [0, 0.05) is 17.7 Å². The zero-order valence-electron chi connectivity index (χ0n) is 9.47. The van der Waals surface area contributed by atoms with Crippen LogP contribution in [-0.4, -0.2) is 7.11 Å². The van der Waals surface area contributed by atoms with Gasteiger partial charge in [0.15, 0.2) is 5.43 Å². The van der Waals surface area contributed by atoms with Crippen LogP contribution in [0, 0.1) is 0 Å². The van der Waals surface area contributed by atoms with E-state index in [1.165, 1.54) is 18.4 Å². The third-order valence-corrected chi connectivity index (χ3v) is 2.44. The maximum Gasteiger partial charge on any atom is 0.185 e. The van der Waals surface area contributed by atoms with Crippen LogP contribution in [-0.2, 0) is 0 Å². The van der Waals surface area contributed by atoms with Crippen LogP contribution in [0.25, 0.3) is 17.4 Å². The summed E-state index contributed by atoms with van der Waals surface area (Å²) < 4.78 is 10.5. The molecule has 0 N–H and O–H groups in total. The first-order valence-electron chi connectivity index (χ1n) is 5.14. The summed E-state index contributed by atoms with van der Waals surface area (Å²) in [5.41, 5.74) is 1.59. The van der Waals surface area contributed by atoms with Crippen LogP contribution < -0.4 is 10.2 Å². The molecular formula is C14H12O3. The second-order valence-corrected chi connectivity index (χ2v) is 3.49. The molecule has 0 saturated carbocycles. The molecule has 0 fully saturated rings. The fourth-order valence-electron chi connectivity index (χ4n) is 1.59. The van der Waals surface area contributed by atoms with E-state index in [1.807, 2.05) is 18.2 Å². The molecule has 1 heterocycles. The van der Waals surface area contributed by atoms with Crippen molar-refractivity contribution < 1.29 is 9.15 Å². The predicted molar refractivity (Wildman–Crippen MR) is 67.1 cm³/mol. The summed E-state index contributed by atoms with van der Waals surface area (Å²) in [7, 11) is 1.60. The molecule has 0 atom stereocenters. The lowest BCUT2D eigenvalue weighted by Crippen LogP contribution is -1.96. The number of hydrogen-bond acceptors (Lipinski definition) is 3. The van der Waals surface area contributed by atoms with Gasteiger partial charge in [-0.05, 0) is 23.8 Å². The predicted octanol–water partition coefficient (Wildman–Crippen LogP) is 2.96. The summed E-state index contributed by atoms with van der Waals surface area (Å²) in [5, 5.41) is 0. The van der Waals surface area contributed by atoms with E-state index in [2.05, 4.69) is 6.58 Å². The lowest BCUT2D eigenvalue weighted by molar-refractivity contribution is 0.414. The van der Waals surface area contributed by atoms with Gasteiger partial charge >= 0.3 is 0 Å². The number of benzene rings is 1. The Bertz CT molecular complexity index is 596. The summed E-state index contributed by atoms with van der Waals surface area (Å²) >= 11 is 0. The van der Waals surface area contributed by atoms with E-state index in [1.54, 1.807) is 13.2 Å². The van der Waals surface area contributed by atoms with Crippen molar-refractivity contribution in [2.75, 3.05) is 7.11 Å². The molecule has 0 amide bonds. The highest BCUT2D eigenvalue weighted by Gasteiger charge is 2.06. The van der Waals surface area contributed by atoms with Crippen molar-refractivity contribution in [1.82, 2.24) is 0 Å². The van der Waals surface area contributed by atoms with Crippen molar-refractivity contribution in [3.05, 3.63) is 59.0 Å². The van der Waals surface area contributed by atoms with Crippen molar-refractivity contribution in [3.63, 3.8) is 0 Å². The lowest BCUT2D eigenvalue weighted by Gasteiger charge is -2.07. The van der Waals surface area contributed by atoms with Crippen molar-refractivity contribution in [3.8, 4) is 17.1 Å². The van der Waals surface area contributed by atoms with E-state index in [0.29, 0.717) is 5.76 Å². The molecule has 3 nitrogen and oxygen atoms in total. The molecule has 0 aliphatic rings. The third-order valence-electron chi connectivity index (χ3n) is 2.44. The normalized spacial score (nSPS) is 9.94. The van der Waals surface area contributed by atoms with Crippen molar-refractivity contribution in [1.29, 1.82) is 0 Å². The van der Waals surface area contributed by atoms with Gasteiger partial charge in [-0.2, -0.15) is 0 Å². The van der Waals surface area contributed by atoms with Gasteiger partial charge < -0.3 is 9.15 Å². The Morgan fingerprint density at radius 1 is 1.29 bits per heavy atom. The molecule has 86 valence electrons. The Morgan fingerprint density at radius 3 is 2.76 bits per heavy atom. The molecule has 2 rings (SSSR count). The molecule has 3 heteroatoms. The molecule has 0 radical (unpaired) electrons. The first-order valence-corrected chi connectivity index (χ1v) is 5.14. The van der Waals surface area contributed by atoms with Crippen LogP contribution in [0.1, 0.15) is 5.56 Å². The molecule has 0 aliphatic carbocycles. The minimum atomic E-state index is -0.0860. The van der Waals surface area contributed by atoms with Gasteiger partial charge in [-0.3, -0.25) is 4.79 Å². The van der Waals surface area contributed by atoms with Gasteiger partial charge in [0.25, 0.3) is 0 Å². The highest BCUT2D eigenvalue weighted by molar-refractivity contribution is 5.72. The lowest BCUT2D eigenvalue weighted by atomic mass is 10.0. The third kappa shape index (κ3) is 2.28. The molecule has 0 bridgehead atoms. The summed E-state index contributed by atoms with van der Waals surface area (Å²) in [5.74, 6) is 1.26. The SMILES string of the molecule is C=Cc1cc(OC)ccc1-c1cc(=O)cco1. The largest absolute Gasteiger partial charge is 0.497 e. The molecule has 1 aromatic carbocycles. The molecule has 0 saturated heterocycles. The molecule has 1 aromatic heterocycles. The standard InChI is InChI=1S/C14H12O3/c1-3-10-8-12(16-2)4-5-13(10)14-9-11(15)6-7-17-14/h3-9H,1H2,2H3. The monoisotopic (exact) mass is 228 g/mol. The highest BCUT2D eigenvalue weighted by atomic mass is 16.5. The smallest absolute Gasteiger partial charge is 0.185 e. The van der Waals surface area contributed by atoms with Gasteiger partial charge in [0.1, 0.15) is 11.5 Å². The van der Waals surface area contributed by atoms with Crippen LogP contribution in [0.3, 0.4) is 0 Å². The van der Waals surface area contributed by atoms with Crippen LogP contribution >= 0.6 is 0 Å². The molecule has 0 spiro atoms. The van der Waals surface area contributed by atoms with E-state index >= 15 is 0 Å². The molecule has 0 unspecified atom stereocenters. The van der Waals surface area contributed by atoms with Crippen molar-refractivity contribution >= 4 is 6.08 Å². The van der Waals surface area contributed by atoms with E-state index in [-0.39, 0.29) is 5.43 Å². The fraction of sp³-hybridized carbons (Fsp3) is 0.0714. The molecule has 2 aromatic rings. The Hall–Kier alpha value is -2.29. The van der Waals surface area contributed by atoms with Gasteiger partial charge in [0.2, 0.25) is 0 Å². The van der Waals surface area contributed by atoms with E-state index in [9.17, 15) is 4.79 Å². The first kappa shape index (κ1) is 11.2. The topological polar surface area (TPSA) is 39.4 Å². The highest BCUT2D eigenvalue weighted by Crippen LogP contribution is 2.27. The molecule has 0 aliphatic heterocycles. The molecular weight excluding hydrogens is 216 g/mol. The van der Waals surface area contributed by atoms with Crippen molar-refractivity contribution in [2.24, 2.45) is 0 Å². The van der Waals surface area contributed by atoms with Crippen LogP contribution in [0.4, 0.5) is 0 Å². The Balaban J connectivity index is 2.59. The second kappa shape index (κ2) is 4.70. The summed E-state index contributed by atoms with van der Waals surface area (Å²) in [6.45, 7) is 3.74. The van der Waals surface area contributed by atoms with E-state index in [4.69, 9.17) is 9.15 Å². The average molecular weight is 228 g/mol.